The van der Waals surface area contributed by atoms with Gasteiger partial charge in [-0.3, -0.25) is 0 Å². The lowest BCUT2D eigenvalue weighted by Crippen LogP contribution is -2.41. The highest BCUT2D eigenvalue weighted by molar-refractivity contribution is 6.31. The number of para-hydroxylation sites is 2. The molecule has 7 rings (SSSR count). The second-order valence-electron chi connectivity index (χ2n) is 16.7. The largest absolute Gasteiger partial charge is 0.460 e. The molecule has 3 aliphatic rings. The van der Waals surface area contributed by atoms with Crippen LogP contribution in [0, 0.1) is 0 Å². The first kappa shape index (κ1) is 43.4. The van der Waals surface area contributed by atoms with E-state index in [1.807, 2.05) is 36.4 Å². The number of nitrogens with one attached hydrogen (secondary N) is 1. The Bertz CT molecular complexity index is 2400. The summed E-state index contributed by atoms with van der Waals surface area (Å²) in [7, 11) is 0. The Morgan fingerprint density at radius 3 is 2.16 bits per heavy atom. The topological polar surface area (TPSA) is 100 Å². The monoisotopic (exact) mass is 857 g/mol. The number of hydrazine groups is 1. The molecular formula is C50H53Cl2N5O4. The number of carbonyl (C=O) groups is 2. The molecule has 0 spiro atoms. The molecule has 1 aliphatic carbocycles. The number of amides is 1. The lowest BCUT2D eigenvalue weighted by Gasteiger charge is -2.29. The number of esters is 1. The normalized spacial score (nSPS) is 18.6. The number of hydrogen-bond donors (Lipinski definition) is 2. The van der Waals surface area contributed by atoms with Gasteiger partial charge in [0, 0.05) is 54.9 Å². The fourth-order valence-electron chi connectivity index (χ4n) is 8.40. The molecular weight excluding hydrogens is 805 g/mol. The van der Waals surface area contributed by atoms with Crippen LogP contribution in [0.4, 0.5) is 27.5 Å². The second-order valence-corrected chi connectivity index (χ2v) is 17.6. The first-order valence-electron chi connectivity index (χ1n) is 20.6. The zero-order chi connectivity index (χ0) is 43.5. The number of rotatable bonds is 13. The molecule has 2 aliphatic heterocycles. The van der Waals surface area contributed by atoms with Gasteiger partial charge in [-0.2, -0.15) is 0 Å². The SMILES string of the molecule is C=C(C)C(=O)OCCN(N)C(=O)OCCN1/C(=C/C=C2\CCC(/C=C/C3Nc4ccc(Cl)cc4C3(C)C)=C2N(c2ccccc2)c2ccccc2)C(C)(C)c2cc(Cl)ccc21. The van der Waals surface area contributed by atoms with E-state index in [1.54, 1.807) is 6.92 Å². The van der Waals surface area contributed by atoms with E-state index in [1.165, 1.54) is 16.7 Å². The minimum absolute atomic E-state index is 0.0257. The van der Waals surface area contributed by atoms with E-state index < -0.39 is 17.5 Å². The number of hydrogen-bond acceptors (Lipinski definition) is 8. The summed E-state index contributed by atoms with van der Waals surface area (Å²) >= 11 is 13.1. The maximum absolute atomic E-state index is 12.9. The second kappa shape index (κ2) is 18.1. The van der Waals surface area contributed by atoms with Gasteiger partial charge in [-0.25, -0.2) is 20.4 Å². The lowest BCUT2D eigenvalue weighted by molar-refractivity contribution is -0.139. The fourth-order valence-corrected chi connectivity index (χ4v) is 8.75. The van der Waals surface area contributed by atoms with E-state index in [-0.39, 0.29) is 36.8 Å². The predicted octanol–water partition coefficient (Wildman–Crippen LogP) is 11.5. The van der Waals surface area contributed by atoms with Gasteiger partial charge < -0.3 is 24.6 Å². The molecule has 2 heterocycles. The molecule has 4 aromatic carbocycles. The number of ether oxygens (including phenoxy) is 2. The molecule has 0 saturated heterocycles. The van der Waals surface area contributed by atoms with Gasteiger partial charge >= 0.3 is 12.1 Å². The van der Waals surface area contributed by atoms with Crippen molar-refractivity contribution in [2.75, 3.05) is 41.4 Å². The molecule has 316 valence electrons. The summed E-state index contributed by atoms with van der Waals surface area (Å²) in [4.78, 5) is 29.2. The Morgan fingerprint density at radius 2 is 1.51 bits per heavy atom. The highest BCUT2D eigenvalue weighted by Crippen LogP contribution is 2.49. The third kappa shape index (κ3) is 9.15. The van der Waals surface area contributed by atoms with Crippen molar-refractivity contribution in [2.45, 2.75) is 64.3 Å². The molecule has 0 radical (unpaired) electrons. The number of halogens is 2. The molecule has 3 N–H and O–H groups in total. The van der Waals surface area contributed by atoms with Crippen LogP contribution in [0.25, 0.3) is 0 Å². The van der Waals surface area contributed by atoms with Gasteiger partial charge in [-0.05, 0) is 109 Å². The Balaban J connectivity index is 1.24. The van der Waals surface area contributed by atoms with Crippen molar-refractivity contribution in [3.05, 3.63) is 177 Å². The van der Waals surface area contributed by atoms with Crippen molar-refractivity contribution >= 4 is 58.0 Å². The van der Waals surface area contributed by atoms with Crippen LogP contribution in [0.1, 0.15) is 58.6 Å². The molecule has 0 aromatic heterocycles. The van der Waals surface area contributed by atoms with Crippen LogP contribution >= 0.6 is 23.2 Å². The molecule has 11 heteroatoms. The first-order valence-corrected chi connectivity index (χ1v) is 21.3. The van der Waals surface area contributed by atoms with Gasteiger partial charge in [-0.15, -0.1) is 0 Å². The van der Waals surface area contributed by atoms with Crippen LogP contribution in [0.15, 0.2) is 156 Å². The average Bonchev–Trinajstić information content (AvgIpc) is 3.82. The van der Waals surface area contributed by atoms with Crippen molar-refractivity contribution in [3.63, 3.8) is 0 Å². The quantitative estimate of drug-likeness (QED) is 0.0451. The molecule has 61 heavy (non-hydrogen) atoms. The minimum Gasteiger partial charge on any atom is -0.460 e. The van der Waals surface area contributed by atoms with Crippen molar-refractivity contribution in [1.29, 1.82) is 0 Å². The van der Waals surface area contributed by atoms with Crippen molar-refractivity contribution in [1.82, 2.24) is 5.01 Å². The maximum atomic E-state index is 12.9. The van der Waals surface area contributed by atoms with Crippen LogP contribution in [0.5, 0.6) is 0 Å². The number of nitrogens with two attached hydrogens (primary N) is 1. The van der Waals surface area contributed by atoms with Gasteiger partial charge in [0.1, 0.15) is 13.2 Å². The predicted molar refractivity (Wildman–Crippen MR) is 248 cm³/mol. The fraction of sp³-hybridized carbons (Fsp3) is 0.280. The third-order valence-corrected chi connectivity index (χ3v) is 12.2. The molecule has 0 bridgehead atoms. The van der Waals surface area contributed by atoms with E-state index in [9.17, 15) is 9.59 Å². The molecule has 1 atom stereocenters. The summed E-state index contributed by atoms with van der Waals surface area (Å²) in [6.45, 7) is 14.3. The Hall–Kier alpha value is -5.74. The molecule has 4 aromatic rings. The van der Waals surface area contributed by atoms with Crippen LogP contribution < -0.4 is 21.0 Å². The van der Waals surface area contributed by atoms with Crippen LogP contribution in [0.3, 0.4) is 0 Å². The van der Waals surface area contributed by atoms with Gasteiger partial charge in [0.15, 0.2) is 0 Å². The van der Waals surface area contributed by atoms with E-state index in [4.69, 9.17) is 38.5 Å². The number of benzene rings is 4. The van der Waals surface area contributed by atoms with E-state index in [0.29, 0.717) is 11.6 Å². The van der Waals surface area contributed by atoms with E-state index in [2.05, 4.69) is 134 Å². The summed E-state index contributed by atoms with van der Waals surface area (Å²) in [5, 5.41) is 6.03. The molecule has 9 nitrogen and oxygen atoms in total. The molecule has 0 fully saturated rings. The number of nitrogens with zero attached hydrogens (tertiary/aromatic N) is 3. The van der Waals surface area contributed by atoms with E-state index >= 15 is 0 Å². The minimum atomic E-state index is -0.721. The highest BCUT2D eigenvalue weighted by atomic mass is 35.5. The first-order chi connectivity index (χ1) is 29.2. The van der Waals surface area contributed by atoms with Crippen LogP contribution in [-0.2, 0) is 25.1 Å². The van der Waals surface area contributed by atoms with E-state index in [0.717, 1.165) is 62.6 Å². The number of fused-ring (bicyclic) bond motifs is 2. The number of anilines is 4. The summed E-state index contributed by atoms with van der Waals surface area (Å²) in [5.41, 5.74) is 10.7. The van der Waals surface area contributed by atoms with Gasteiger partial charge in [-0.1, -0.05) is 112 Å². The maximum Gasteiger partial charge on any atom is 0.424 e. The van der Waals surface area contributed by atoms with Gasteiger partial charge in [0.05, 0.1) is 24.8 Å². The Kier molecular flexibility index (Phi) is 12.9. The van der Waals surface area contributed by atoms with Crippen molar-refractivity contribution in [3.8, 4) is 0 Å². The molecule has 1 unspecified atom stereocenters. The Morgan fingerprint density at radius 1 is 0.869 bits per heavy atom. The molecule has 1 amide bonds. The van der Waals surface area contributed by atoms with Crippen LogP contribution in [0.2, 0.25) is 10.0 Å². The summed E-state index contributed by atoms with van der Waals surface area (Å²) in [6, 6.07) is 33.0. The number of allylic oxidation sites excluding steroid dienone is 6. The third-order valence-electron chi connectivity index (χ3n) is 11.8. The average molecular weight is 859 g/mol. The number of carbonyl (C=O) groups excluding carboxylic acids is 2. The van der Waals surface area contributed by atoms with Crippen molar-refractivity contribution < 1.29 is 19.1 Å². The highest BCUT2D eigenvalue weighted by Gasteiger charge is 2.41. The summed E-state index contributed by atoms with van der Waals surface area (Å²) < 4.78 is 10.7. The van der Waals surface area contributed by atoms with Gasteiger partial charge in [0.25, 0.3) is 0 Å². The van der Waals surface area contributed by atoms with Crippen molar-refractivity contribution in [2.24, 2.45) is 5.84 Å². The summed E-state index contributed by atoms with van der Waals surface area (Å²) in [6.07, 6.45) is 10.0. The van der Waals surface area contributed by atoms with Gasteiger partial charge in [0.2, 0.25) is 0 Å². The lowest BCUT2D eigenvalue weighted by atomic mass is 9.80. The Labute approximate surface area is 369 Å². The molecule has 0 saturated carbocycles. The summed E-state index contributed by atoms with van der Waals surface area (Å²) in [5.74, 6) is 5.41. The smallest absolute Gasteiger partial charge is 0.424 e. The zero-order valence-electron chi connectivity index (χ0n) is 35.4. The van der Waals surface area contributed by atoms with Crippen LogP contribution in [-0.4, -0.2) is 49.4 Å². The standard InChI is InChI=1S/C50H53Cl2N5O4/c1-33(2)47(58)60-30-28-56(53)48(59)61-29-27-55-43-24-22-37(52)32-41(43)50(5,6)45(55)26-20-35-18-17-34(19-25-44-49(3,4)40-31-36(51)21-23-42(40)54-44)46(35)57(38-13-9-7-10-14-38)39-15-11-8-12-16-39/h7-16,19-26,31-32,44,54H,1,17-18,27-30,53H2,2-6H3/b25-19+,35-20+,45-26+. The zero-order valence-corrected chi connectivity index (χ0v) is 36.9.